The van der Waals surface area contributed by atoms with Gasteiger partial charge in [-0.05, 0) is 68.2 Å². The van der Waals surface area contributed by atoms with Crippen LogP contribution in [0.4, 0.5) is 0 Å². The molecule has 0 radical (unpaired) electrons. The Hall–Kier alpha value is -2.04. The first-order chi connectivity index (χ1) is 12.7. The summed E-state index contributed by atoms with van der Waals surface area (Å²) in [5.74, 6) is 1.32. The maximum absolute atomic E-state index is 12.8. The predicted molar refractivity (Wildman–Crippen MR) is 105 cm³/mol. The van der Waals surface area contributed by atoms with E-state index < -0.39 is 0 Å². The SMILES string of the molecule is CNCC1CCCN(C(=O)c2cccc(OCc3ccc(Cl)cc3)c2)C1. The minimum Gasteiger partial charge on any atom is -0.489 e. The van der Waals surface area contributed by atoms with E-state index in [9.17, 15) is 4.79 Å². The van der Waals surface area contributed by atoms with Crippen LogP contribution < -0.4 is 10.1 Å². The first-order valence-corrected chi connectivity index (χ1v) is 9.44. The number of amides is 1. The number of halogens is 1. The highest BCUT2D eigenvalue weighted by molar-refractivity contribution is 6.30. The molecule has 1 fully saturated rings. The fourth-order valence-corrected chi connectivity index (χ4v) is 3.48. The van der Waals surface area contributed by atoms with Crippen LogP contribution in [-0.4, -0.2) is 37.5 Å². The molecule has 1 unspecified atom stereocenters. The van der Waals surface area contributed by atoms with Crippen molar-refractivity contribution in [1.29, 1.82) is 0 Å². The molecule has 1 amide bonds. The molecule has 0 spiro atoms. The van der Waals surface area contributed by atoms with E-state index in [4.69, 9.17) is 16.3 Å². The van der Waals surface area contributed by atoms with Crippen molar-refractivity contribution < 1.29 is 9.53 Å². The average Bonchev–Trinajstić information content (AvgIpc) is 2.68. The Labute approximate surface area is 160 Å². The van der Waals surface area contributed by atoms with Crippen LogP contribution in [-0.2, 0) is 6.61 Å². The minimum absolute atomic E-state index is 0.0859. The molecular formula is C21H25ClN2O2. The molecule has 2 aromatic carbocycles. The maximum Gasteiger partial charge on any atom is 0.253 e. The molecule has 0 saturated carbocycles. The van der Waals surface area contributed by atoms with E-state index in [0.717, 1.165) is 31.6 Å². The third-order valence-electron chi connectivity index (χ3n) is 4.70. The van der Waals surface area contributed by atoms with Gasteiger partial charge in [0, 0.05) is 23.7 Å². The highest BCUT2D eigenvalue weighted by Gasteiger charge is 2.24. The van der Waals surface area contributed by atoms with Gasteiger partial charge in [-0.3, -0.25) is 4.79 Å². The summed E-state index contributed by atoms with van der Waals surface area (Å²) in [6, 6.07) is 15.0. The minimum atomic E-state index is 0.0859. The van der Waals surface area contributed by atoms with Gasteiger partial charge in [0.15, 0.2) is 0 Å². The predicted octanol–water partition coefficient (Wildman–Crippen LogP) is 3.99. The van der Waals surface area contributed by atoms with Gasteiger partial charge in [0.2, 0.25) is 0 Å². The zero-order chi connectivity index (χ0) is 18.4. The number of nitrogens with one attached hydrogen (secondary N) is 1. The fourth-order valence-electron chi connectivity index (χ4n) is 3.35. The largest absolute Gasteiger partial charge is 0.489 e. The zero-order valence-electron chi connectivity index (χ0n) is 15.1. The Bertz CT molecular complexity index is 731. The Kier molecular flexibility index (Phi) is 6.53. The normalized spacial score (nSPS) is 17.2. The highest BCUT2D eigenvalue weighted by Crippen LogP contribution is 2.21. The molecule has 3 rings (SSSR count). The molecule has 0 bridgehead atoms. The van der Waals surface area contributed by atoms with Gasteiger partial charge in [0.05, 0.1) is 0 Å². The van der Waals surface area contributed by atoms with Crippen LogP contribution in [0.15, 0.2) is 48.5 Å². The third kappa shape index (κ3) is 4.99. The zero-order valence-corrected chi connectivity index (χ0v) is 15.8. The highest BCUT2D eigenvalue weighted by atomic mass is 35.5. The number of rotatable bonds is 6. The van der Waals surface area contributed by atoms with Gasteiger partial charge in [-0.25, -0.2) is 0 Å². The van der Waals surface area contributed by atoms with Crippen molar-refractivity contribution in [2.45, 2.75) is 19.4 Å². The van der Waals surface area contributed by atoms with Gasteiger partial charge in [0.1, 0.15) is 12.4 Å². The van der Waals surface area contributed by atoms with E-state index in [1.165, 1.54) is 6.42 Å². The van der Waals surface area contributed by atoms with E-state index in [1.807, 2.05) is 60.5 Å². The van der Waals surface area contributed by atoms with E-state index in [0.29, 0.717) is 28.9 Å². The molecule has 5 heteroatoms. The second kappa shape index (κ2) is 9.06. The fraction of sp³-hybridized carbons (Fsp3) is 0.381. The number of hydrogen-bond donors (Lipinski definition) is 1. The number of piperidine rings is 1. The lowest BCUT2D eigenvalue weighted by molar-refractivity contribution is 0.0674. The summed E-state index contributed by atoms with van der Waals surface area (Å²) in [4.78, 5) is 14.8. The topological polar surface area (TPSA) is 41.6 Å². The summed E-state index contributed by atoms with van der Waals surface area (Å²) < 4.78 is 5.85. The molecule has 1 heterocycles. The van der Waals surface area contributed by atoms with Gasteiger partial charge in [-0.1, -0.05) is 29.8 Å². The molecule has 2 aromatic rings. The van der Waals surface area contributed by atoms with Gasteiger partial charge in [0.25, 0.3) is 5.91 Å². The van der Waals surface area contributed by atoms with Crippen LogP contribution in [0.25, 0.3) is 0 Å². The second-order valence-electron chi connectivity index (χ2n) is 6.76. The van der Waals surface area contributed by atoms with Gasteiger partial charge in [-0.2, -0.15) is 0 Å². The molecule has 1 saturated heterocycles. The monoisotopic (exact) mass is 372 g/mol. The van der Waals surface area contributed by atoms with Gasteiger partial charge >= 0.3 is 0 Å². The summed E-state index contributed by atoms with van der Waals surface area (Å²) in [7, 11) is 1.96. The number of carbonyl (C=O) groups excluding carboxylic acids is 1. The number of hydrogen-bond acceptors (Lipinski definition) is 3. The van der Waals surface area contributed by atoms with Gasteiger partial charge in [-0.15, -0.1) is 0 Å². The first kappa shape index (κ1) is 18.7. The van der Waals surface area contributed by atoms with Crippen molar-refractivity contribution in [3.8, 4) is 5.75 Å². The molecule has 0 aromatic heterocycles. The molecule has 26 heavy (non-hydrogen) atoms. The van der Waals surface area contributed by atoms with Crippen molar-refractivity contribution in [2.75, 3.05) is 26.7 Å². The molecule has 4 nitrogen and oxygen atoms in total. The Morgan fingerprint density at radius 2 is 2.08 bits per heavy atom. The lowest BCUT2D eigenvalue weighted by Gasteiger charge is -2.32. The van der Waals surface area contributed by atoms with Crippen LogP contribution in [0.3, 0.4) is 0 Å². The standard InChI is InChI=1S/C21H25ClN2O2/c1-23-13-17-4-3-11-24(14-17)21(25)18-5-2-6-20(12-18)26-15-16-7-9-19(22)10-8-16/h2,5-10,12,17,23H,3-4,11,13-15H2,1H3. The summed E-state index contributed by atoms with van der Waals surface area (Å²) in [6.45, 7) is 3.04. The van der Waals surface area contributed by atoms with Crippen molar-refractivity contribution >= 4 is 17.5 Å². The molecular weight excluding hydrogens is 348 g/mol. The molecule has 1 aliphatic heterocycles. The van der Waals surface area contributed by atoms with Crippen molar-refractivity contribution in [3.05, 3.63) is 64.7 Å². The van der Waals surface area contributed by atoms with Gasteiger partial charge < -0.3 is 15.0 Å². The molecule has 0 aliphatic carbocycles. The number of benzene rings is 2. The lowest BCUT2D eigenvalue weighted by Crippen LogP contribution is -2.42. The molecule has 1 N–H and O–H groups in total. The average molecular weight is 373 g/mol. The number of carbonyl (C=O) groups is 1. The van der Waals surface area contributed by atoms with Crippen LogP contribution in [0.2, 0.25) is 5.02 Å². The summed E-state index contributed by atoms with van der Waals surface area (Å²) in [5.41, 5.74) is 1.72. The summed E-state index contributed by atoms with van der Waals surface area (Å²) >= 11 is 5.90. The van der Waals surface area contributed by atoms with E-state index in [2.05, 4.69) is 5.32 Å². The Morgan fingerprint density at radius 1 is 1.27 bits per heavy atom. The van der Waals surface area contributed by atoms with Crippen LogP contribution in [0.1, 0.15) is 28.8 Å². The van der Waals surface area contributed by atoms with Crippen molar-refractivity contribution in [3.63, 3.8) is 0 Å². The molecule has 138 valence electrons. The Balaban J connectivity index is 1.62. The summed E-state index contributed by atoms with van der Waals surface area (Å²) in [5, 5.41) is 3.92. The van der Waals surface area contributed by atoms with Crippen molar-refractivity contribution in [1.82, 2.24) is 10.2 Å². The van der Waals surface area contributed by atoms with E-state index in [1.54, 1.807) is 0 Å². The molecule has 1 atom stereocenters. The number of nitrogens with zero attached hydrogens (tertiary/aromatic N) is 1. The summed E-state index contributed by atoms with van der Waals surface area (Å²) in [6.07, 6.45) is 2.24. The smallest absolute Gasteiger partial charge is 0.253 e. The first-order valence-electron chi connectivity index (χ1n) is 9.07. The third-order valence-corrected chi connectivity index (χ3v) is 4.95. The van der Waals surface area contributed by atoms with E-state index in [-0.39, 0.29) is 5.91 Å². The lowest BCUT2D eigenvalue weighted by atomic mass is 9.97. The van der Waals surface area contributed by atoms with E-state index >= 15 is 0 Å². The quantitative estimate of drug-likeness (QED) is 0.833. The van der Waals surface area contributed by atoms with Crippen molar-refractivity contribution in [2.24, 2.45) is 5.92 Å². The number of likely N-dealkylation sites (tertiary alicyclic amines) is 1. The number of ether oxygens (including phenoxy) is 1. The van der Waals surface area contributed by atoms with Crippen LogP contribution in [0.5, 0.6) is 5.75 Å². The second-order valence-corrected chi connectivity index (χ2v) is 7.20. The van der Waals surface area contributed by atoms with Crippen LogP contribution in [0, 0.1) is 5.92 Å². The van der Waals surface area contributed by atoms with Crippen LogP contribution >= 0.6 is 11.6 Å². The molecule has 1 aliphatic rings. The maximum atomic E-state index is 12.8. The Morgan fingerprint density at radius 3 is 2.85 bits per heavy atom.